The van der Waals surface area contributed by atoms with E-state index < -0.39 is 0 Å². The molecule has 1 aliphatic carbocycles. The van der Waals surface area contributed by atoms with Crippen molar-refractivity contribution in [3.63, 3.8) is 0 Å². The summed E-state index contributed by atoms with van der Waals surface area (Å²) in [7, 11) is 0. The number of likely N-dealkylation sites (tertiary alicyclic amines) is 1. The van der Waals surface area contributed by atoms with Crippen molar-refractivity contribution in [3.8, 4) is 0 Å². The van der Waals surface area contributed by atoms with Crippen LogP contribution < -0.4 is 5.73 Å². The minimum atomic E-state index is 0. The fraction of sp³-hybridized carbons (Fsp3) is 0.381. The summed E-state index contributed by atoms with van der Waals surface area (Å²) < 4.78 is 1.08. The molecule has 3 nitrogen and oxygen atoms in total. The third-order valence-electron chi connectivity index (χ3n) is 5.67. The van der Waals surface area contributed by atoms with Gasteiger partial charge < -0.3 is 10.6 Å². The van der Waals surface area contributed by atoms with Crippen LogP contribution in [0, 0.1) is 11.8 Å². The summed E-state index contributed by atoms with van der Waals surface area (Å²) in [5, 5.41) is 0. The van der Waals surface area contributed by atoms with Crippen LogP contribution >= 0.6 is 28.3 Å². The number of benzene rings is 2. The zero-order chi connectivity index (χ0) is 17.4. The van der Waals surface area contributed by atoms with E-state index in [1.165, 1.54) is 11.1 Å². The molecule has 1 saturated carbocycles. The highest BCUT2D eigenvalue weighted by atomic mass is 79.9. The van der Waals surface area contributed by atoms with Gasteiger partial charge in [0.2, 0.25) is 5.91 Å². The van der Waals surface area contributed by atoms with Gasteiger partial charge in [-0.15, -0.1) is 12.4 Å². The van der Waals surface area contributed by atoms with Gasteiger partial charge in [-0.1, -0.05) is 58.4 Å². The number of nitrogens with zero attached hydrogens (tertiary/aromatic N) is 1. The largest absolute Gasteiger partial charge is 0.341 e. The van der Waals surface area contributed by atoms with E-state index in [1.807, 2.05) is 18.2 Å². The van der Waals surface area contributed by atoms with Crippen LogP contribution in [0.1, 0.15) is 29.4 Å². The van der Waals surface area contributed by atoms with Gasteiger partial charge in [0.25, 0.3) is 0 Å². The molecule has 2 aromatic carbocycles. The molecule has 0 aromatic heterocycles. The van der Waals surface area contributed by atoms with Gasteiger partial charge in [0.05, 0.1) is 0 Å². The lowest BCUT2D eigenvalue weighted by atomic mass is 9.89. The number of carbonyl (C=O) groups excluding carboxylic acids is 1. The quantitative estimate of drug-likeness (QED) is 0.783. The van der Waals surface area contributed by atoms with Crippen LogP contribution in [0.3, 0.4) is 0 Å². The summed E-state index contributed by atoms with van der Waals surface area (Å²) in [5.74, 6) is 1.54. The third kappa shape index (κ3) is 3.83. The molecule has 2 fully saturated rings. The first-order valence-corrected chi connectivity index (χ1v) is 9.76. The first-order chi connectivity index (χ1) is 12.2. The van der Waals surface area contributed by atoms with Gasteiger partial charge in [0.1, 0.15) is 0 Å². The number of rotatable bonds is 4. The van der Waals surface area contributed by atoms with E-state index in [0.717, 1.165) is 24.0 Å². The Kier molecular flexibility index (Phi) is 6.06. The van der Waals surface area contributed by atoms with Crippen LogP contribution in [0.2, 0.25) is 0 Å². The maximum absolute atomic E-state index is 13.0. The van der Waals surface area contributed by atoms with Crippen molar-refractivity contribution in [2.24, 2.45) is 17.6 Å². The highest BCUT2D eigenvalue weighted by molar-refractivity contribution is 9.10. The molecular weight excluding hydrogens is 412 g/mol. The molecule has 4 rings (SSSR count). The van der Waals surface area contributed by atoms with E-state index in [9.17, 15) is 4.79 Å². The van der Waals surface area contributed by atoms with Crippen LogP contribution in [-0.2, 0) is 4.79 Å². The predicted molar refractivity (Wildman–Crippen MR) is 111 cm³/mol. The minimum Gasteiger partial charge on any atom is -0.341 e. The highest BCUT2D eigenvalue weighted by Crippen LogP contribution is 2.49. The summed E-state index contributed by atoms with van der Waals surface area (Å²) in [6.45, 7) is 2.21. The van der Waals surface area contributed by atoms with Crippen molar-refractivity contribution < 1.29 is 4.79 Å². The molecule has 138 valence electrons. The summed E-state index contributed by atoms with van der Waals surface area (Å²) in [4.78, 5) is 15.0. The number of halogens is 2. The van der Waals surface area contributed by atoms with Gasteiger partial charge in [-0.2, -0.15) is 0 Å². The second-order valence-electron chi connectivity index (χ2n) is 7.26. The maximum atomic E-state index is 13.0. The number of carbonyl (C=O) groups is 1. The molecule has 0 bridgehead atoms. The highest BCUT2D eigenvalue weighted by Gasteiger charge is 2.48. The van der Waals surface area contributed by atoms with Crippen molar-refractivity contribution in [3.05, 3.63) is 70.2 Å². The first kappa shape index (κ1) is 19.4. The molecule has 2 aliphatic rings. The average Bonchev–Trinajstić information content (AvgIpc) is 3.33. The molecular formula is C21H24BrClN2O. The molecule has 4 atom stereocenters. The normalized spacial score (nSPS) is 27.1. The minimum absolute atomic E-state index is 0. The number of hydrogen-bond acceptors (Lipinski definition) is 2. The average molecular weight is 436 g/mol. The lowest BCUT2D eigenvalue weighted by molar-refractivity contribution is -0.131. The van der Waals surface area contributed by atoms with E-state index in [0.29, 0.717) is 30.2 Å². The SMILES string of the molecule is Cl.NC[C@@H]1CN(C(=O)C2CC2c2cccc(Br)c2)C[C@H]1c1ccccc1. The fourth-order valence-corrected chi connectivity index (χ4v) is 4.59. The Balaban J connectivity index is 0.00000196. The van der Waals surface area contributed by atoms with Gasteiger partial charge in [-0.3, -0.25) is 4.79 Å². The van der Waals surface area contributed by atoms with Gasteiger partial charge in [-0.05, 0) is 48.1 Å². The number of nitrogens with two attached hydrogens (primary N) is 1. The second kappa shape index (κ2) is 8.12. The smallest absolute Gasteiger partial charge is 0.226 e. The zero-order valence-electron chi connectivity index (χ0n) is 14.6. The van der Waals surface area contributed by atoms with E-state index in [4.69, 9.17) is 5.73 Å². The van der Waals surface area contributed by atoms with Crippen LogP contribution in [0.5, 0.6) is 0 Å². The molecule has 0 radical (unpaired) electrons. The molecule has 1 aliphatic heterocycles. The van der Waals surface area contributed by atoms with Gasteiger partial charge >= 0.3 is 0 Å². The number of hydrogen-bond donors (Lipinski definition) is 1. The zero-order valence-corrected chi connectivity index (χ0v) is 17.0. The van der Waals surface area contributed by atoms with E-state index >= 15 is 0 Å². The summed E-state index contributed by atoms with van der Waals surface area (Å²) in [6, 6.07) is 18.8. The Bertz CT molecular complexity index is 770. The Morgan fingerprint density at radius 1 is 1.04 bits per heavy atom. The lowest BCUT2D eigenvalue weighted by Crippen LogP contribution is -2.31. The molecule has 2 aromatic rings. The monoisotopic (exact) mass is 434 g/mol. The molecule has 1 saturated heterocycles. The molecule has 0 spiro atoms. The van der Waals surface area contributed by atoms with Crippen molar-refractivity contribution in [1.82, 2.24) is 4.90 Å². The Morgan fingerprint density at radius 2 is 1.77 bits per heavy atom. The fourth-order valence-electron chi connectivity index (χ4n) is 4.18. The van der Waals surface area contributed by atoms with Gasteiger partial charge in [0, 0.05) is 29.4 Å². The third-order valence-corrected chi connectivity index (χ3v) is 6.16. The molecule has 26 heavy (non-hydrogen) atoms. The van der Waals surface area contributed by atoms with Crippen molar-refractivity contribution in [1.29, 1.82) is 0 Å². The summed E-state index contributed by atoms with van der Waals surface area (Å²) in [6.07, 6.45) is 0.967. The summed E-state index contributed by atoms with van der Waals surface area (Å²) in [5.41, 5.74) is 8.57. The Hall–Kier alpha value is -1.36. The molecule has 1 amide bonds. The number of amides is 1. The molecule has 5 heteroatoms. The van der Waals surface area contributed by atoms with Crippen LogP contribution in [-0.4, -0.2) is 30.4 Å². The van der Waals surface area contributed by atoms with Gasteiger partial charge in [-0.25, -0.2) is 0 Å². The van der Waals surface area contributed by atoms with Crippen molar-refractivity contribution in [2.75, 3.05) is 19.6 Å². The first-order valence-electron chi connectivity index (χ1n) is 8.96. The van der Waals surface area contributed by atoms with Crippen molar-refractivity contribution in [2.45, 2.75) is 18.3 Å². The van der Waals surface area contributed by atoms with E-state index in [-0.39, 0.29) is 18.3 Å². The topological polar surface area (TPSA) is 46.3 Å². The second-order valence-corrected chi connectivity index (χ2v) is 8.18. The van der Waals surface area contributed by atoms with Crippen LogP contribution in [0.15, 0.2) is 59.1 Å². The molecule has 2 unspecified atom stereocenters. The van der Waals surface area contributed by atoms with Gasteiger partial charge in [0.15, 0.2) is 0 Å². The summed E-state index contributed by atoms with van der Waals surface area (Å²) >= 11 is 3.52. The van der Waals surface area contributed by atoms with E-state index in [2.05, 4.69) is 57.2 Å². The van der Waals surface area contributed by atoms with Crippen LogP contribution in [0.25, 0.3) is 0 Å². The lowest BCUT2D eigenvalue weighted by Gasteiger charge is -2.17. The maximum Gasteiger partial charge on any atom is 0.226 e. The standard InChI is InChI=1S/C21H23BrN2O.ClH/c22-17-8-4-7-15(9-17)18-10-19(18)21(25)24-12-16(11-23)20(13-24)14-5-2-1-3-6-14;/h1-9,16,18-20H,10-13,23H2;1H/t16-,18?,19?,20+;/m1./s1. The predicted octanol–water partition coefficient (Wildman–Crippen LogP) is 4.18. The molecule has 1 heterocycles. The Morgan fingerprint density at radius 3 is 2.46 bits per heavy atom. The van der Waals surface area contributed by atoms with E-state index in [1.54, 1.807) is 0 Å². The Labute approximate surface area is 169 Å². The van der Waals surface area contributed by atoms with Crippen LogP contribution in [0.4, 0.5) is 0 Å². The molecule has 2 N–H and O–H groups in total. The van der Waals surface area contributed by atoms with Crippen molar-refractivity contribution >= 4 is 34.2 Å².